The zero-order chi connectivity index (χ0) is 73.0. The summed E-state index contributed by atoms with van der Waals surface area (Å²) in [7, 11) is 0. The van der Waals surface area contributed by atoms with E-state index in [9.17, 15) is 29.4 Å². The molecule has 4 aliphatic rings. The van der Waals surface area contributed by atoms with Crippen LogP contribution in [0.3, 0.4) is 0 Å². The van der Waals surface area contributed by atoms with Crippen LogP contribution in [0.5, 0.6) is 0 Å². The zero-order valence-electron chi connectivity index (χ0n) is 57.2. The van der Waals surface area contributed by atoms with Gasteiger partial charge in [0.25, 0.3) is 0 Å². The van der Waals surface area contributed by atoms with E-state index in [4.69, 9.17) is 78.8 Å². The molecule has 0 fully saturated rings. The van der Waals surface area contributed by atoms with Gasteiger partial charge >= 0.3 is 53.4 Å². The van der Waals surface area contributed by atoms with Crippen molar-refractivity contribution in [1.82, 2.24) is 40.8 Å². The number of fused-ring (bicyclic) bond motifs is 8. The summed E-state index contributed by atoms with van der Waals surface area (Å²) in [5.74, 6) is -2.58. The van der Waals surface area contributed by atoms with Crippen molar-refractivity contribution in [2.24, 2.45) is 0 Å². The van der Waals surface area contributed by atoms with Crippen LogP contribution in [0.1, 0.15) is 89.9 Å². The maximum absolute atomic E-state index is 12.6. The summed E-state index contributed by atoms with van der Waals surface area (Å²) in [6.07, 6.45) is 6.48. The van der Waals surface area contributed by atoms with E-state index in [1.165, 1.54) is 0 Å². The van der Waals surface area contributed by atoms with Crippen molar-refractivity contribution in [3.05, 3.63) is 259 Å². The number of nitrogens with one attached hydrogen (secondary N) is 4. The maximum Gasteiger partial charge on any atom is 1.00 e. The predicted octanol–water partition coefficient (Wildman–Crippen LogP) is 11.5. The summed E-state index contributed by atoms with van der Waals surface area (Å²) in [6.45, 7) is 6.13. The third kappa shape index (κ3) is 17.4. The first-order valence-corrected chi connectivity index (χ1v) is 34.3. The van der Waals surface area contributed by atoms with Crippen LogP contribution in [-0.4, -0.2) is 82.7 Å². The number of hydrogen-bond donors (Lipinski definition) is 10. The first-order valence-electron chi connectivity index (χ1n) is 32.8. The minimum Gasteiger partial charge on any atom is -0.870 e. The molecule has 0 amide bonds. The van der Waals surface area contributed by atoms with E-state index in [0.717, 1.165) is 99.7 Å². The van der Waals surface area contributed by atoms with E-state index in [-0.39, 0.29) is 54.4 Å². The molecule has 0 spiro atoms. The summed E-state index contributed by atoms with van der Waals surface area (Å²) in [5, 5.41) is 32.5. The second-order valence-electron chi connectivity index (χ2n) is 24.7. The Balaban J connectivity index is 0.000000151. The standard InChI is InChI=1S/2C20H19ClN4O2.2C18H15ClN4O2.CH4.Na.H2O/c1-2-27-20(26)19-18-15(22)4-3-5-17(18)25(24-19)11-12-6-7-16-13(8-12)9-14(21)10-23-16;1-2-27-20(26)19-18-15(22)4-3-5-17(18)24-25(19)11-12-6-7-16-13(8-12)9-14(21)10-23-16;19-12-7-11-6-10(4-5-14(11)21-8-12)9-23-15-3-1-2-13(20)16(15)17(22-23)18(24)25;19-12-7-11-6-10(4-5-14(11)21-8-12)9-23-17(18(24)25)16-13(20)2-1-3-15(16)22-23;;;/h2*3-10,19,24H,2,11,22H2,1H3;2*1-8,17,22H,9,20H2,(H,24,25);1H4;;1H2/q;;;;;+1;/p-1. The van der Waals surface area contributed by atoms with Crippen LogP contribution in [0.4, 0.5) is 45.5 Å². The summed E-state index contributed by atoms with van der Waals surface area (Å²) < 4.78 is 10.5. The number of aliphatic carboxylic acids is 2. The molecule has 4 aromatic heterocycles. The molecule has 107 heavy (non-hydrogen) atoms. The molecular weight excluding hydrogens is 1460 g/mol. The fourth-order valence-electron chi connectivity index (χ4n) is 13.1. The molecular formula is C77H73Cl4N16NaO9. The van der Waals surface area contributed by atoms with Crippen molar-refractivity contribution in [2.75, 3.05) is 57.0 Å². The Morgan fingerprint density at radius 1 is 0.430 bits per heavy atom. The number of benzene rings is 8. The number of carboxylic acid groups (broad SMARTS) is 2. The van der Waals surface area contributed by atoms with Gasteiger partial charge in [-0.2, -0.15) is 0 Å². The molecule has 8 aromatic carbocycles. The smallest absolute Gasteiger partial charge is 0.870 e. The van der Waals surface area contributed by atoms with Crippen LogP contribution in [0, 0.1) is 0 Å². The summed E-state index contributed by atoms with van der Waals surface area (Å²) in [6, 6.07) is 50.1. The number of carbonyl (C=O) groups is 4. The van der Waals surface area contributed by atoms with Crippen LogP contribution in [0.15, 0.2) is 195 Å². The Bertz CT molecular complexity index is 5350. The van der Waals surface area contributed by atoms with Crippen LogP contribution in [0.25, 0.3) is 43.6 Å². The van der Waals surface area contributed by atoms with Gasteiger partial charge in [0.05, 0.1) is 91.2 Å². The number of carboxylic acids is 2. The number of rotatable bonds is 14. The summed E-state index contributed by atoms with van der Waals surface area (Å²) >= 11 is 24.1. The predicted molar refractivity (Wildman–Crippen MR) is 416 cm³/mol. The molecule has 16 rings (SSSR count). The molecule has 4 atom stereocenters. The average Bonchev–Trinajstić information content (AvgIpc) is 1.65. The molecule has 4 unspecified atom stereocenters. The van der Waals surface area contributed by atoms with Gasteiger partial charge in [-0.3, -0.25) is 29.5 Å². The van der Waals surface area contributed by atoms with E-state index in [1.807, 2.05) is 155 Å². The van der Waals surface area contributed by atoms with E-state index < -0.39 is 36.1 Å². The van der Waals surface area contributed by atoms with Crippen LogP contribution in [-0.2, 0) is 54.8 Å². The zero-order valence-corrected chi connectivity index (χ0v) is 62.2. The second-order valence-corrected chi connectivity index (χ2v) is 26.4. The van der Waals surface area contributed by atoms with E-state index in [1.54, 1.807) is 74.0 Å². The summed E-state index contributed by atoms with van der Waals surface area (Å²) in [5.41, 5.74) is 52.4. The van der Waals surface area contributed by atoms with Crippen molar-refractivity contribution >= 4 is 159 Å². The third-order valence-electron chi connectivity index (χ3n) is 17.7. The normalized spacial score (nSPS) is 15.7. The molecule has 0 bridgehead atoms. The number of nitrogen functional groups attached to an aromatic ring is 4. The Morgan fingerprint density at radius 2 is 0.757 bits per heavy atom. The van der Waals surface area contributed by atoms with Gasteiger partial charge in [-0.1, -0.05) is 102 Å². The van der Waals surface area contributed by atoms with Crippen LogP contribution in [0.2, 0.25) is 20.1 Å². The summed E-state index contributed by atoms with van der Waals surface area (Å²) in [4.78, 5) is 65.6. The number of carbonyl (C=O) groups excluding carboxylic acids is 2. The quantitative estimate of drug-likeness (QED) is 0.0275. The molecule has 25 nitrogen and oxygen atoms in total. The molecule has 30 heteroatoms. The van der Waals surface area contributed by atoms with Crippen LogP contribution >= 0.6 is 46.4 Å². The maximum atomic E-state index is 12.6. The molecule has 544 valence electrons. The third-order valence-corrected chi connectivity index (χ3v) is 18.5. The minimum atomic E-state index is -0.962. The van der Waals surface area contributed by atoms with Crippen molar-refractivity contribution in [2.45, 2.75) is 71.6 Å². The van der Waals surface area contributed by atoms with E-state index >= 15 is 0 Å². The van der Waals surface area contributed by atoms with Crippen molar-refractivity contribution < 1.29 is 73.9 Å². The van der Waals surface area contributed by atoms with Gasteiger partial charge in [0.1, 0.15) is 0 Å². The first kappa shape index (κ1) is 79.2. The van der Waals surface area contributed by atoms with Crippen LogP contribution < -0.4 is 84.2 Å². The number of esters is 2. The number of aromatic nitrogens is 4. The molecule has 8 heterocycles. The largest absolute Gasteiger partial charge is 1.00 e. The molecule has 0 saturated heterocycles. The van der Waals surface area contributed by atoms with Gasteiger partial charge in [-0.25, -0.2) is 30.5 Å². The van der Waals surface area contributed by atoms with E-state index in [0.29, 0.717) is 93.4 Å². The molecule has 15 N–H and O–H groups in total. The van der Waals surface area contributed by atoms with Crippen molar-refractivity contribution in [1.29, 1.82) is 0 Å². The fraction of sp³-hybridized carbons (Fsp3) is 0.169. The number of halogens is 4. The first-order chi connectivity index (χ1) is 50.2. The van der Waals surface area contributed by atoms with Gasteiger partial charge in [-0.05, 0) is 157 Å². The molecule has 12 aromatic rings. The second kappa shape index (κ2) is 34.5. The monoisotopic (exact) mass is 1530 g/mol. The average molecular weight is 1530 g/mol. The molecule has 0 radical (unpaired) electrons. The topological polar surface area (TPSA) is 374 Å². The van der Waals surface area contributed by atoms with Gasteiger partial charge in [0, 0.05) is 104 Å². The number of nitrogens with two attached hydrogens (primary N) is 4. The van der Waals surface area contributed by atoms with Crippen molar-refractivity contribution in [3.8, 4) is 0 Å². The number of hydrogen-bond acceptors (Lipinski definition) is 23. The number of hydrazine groups is 4. The van der Waals surface area contributed by atoms with Gasteiger partial charge in [0.2, 0.25) is 0 Å². The number of ether oxygens (including phenoxy) is 2. The van der Waals surface area contributed by atoms with Gasteiger partial charge in [0.15, 0.2) is 24.2 Å². The van der Waals surface area contributed by atoms with Crippen molar-refractivity contribution in [3.63, 3.8) is 0 Å². The SMILES string of the molecule is C.CCOC(=O)C1NN(Cc2ccc3ncc(Cl)cc3c2)c2cccc(N)c21.CCOC(=O)C1c2c(N)cccc2NN1Cc1ccc2ncc(Cl)cc2c1.Nc1cccc2c1C(C(=O)O)N(Cc1ccc3ncc(Cl)cc3c1)N2.Nc1cccc2c1C(C(=O)O)NN2Cc1ccc2ncc(Cl)cc2c1.[Na+].[OH-]. The Morgan fingerprint density at radius 3 is 1.13 bits per heavy atom. The molecule has 0 saturated carbocycles. The minimum absolute atomic E-state index is 0. The molecule has 0 aliphatic carbocycles. The number of pyridine rings is 4. The number of anilines is 8. The number of nitrogens with zero attached hydrogens (tertiary/aromatic N) is 8. The fourth-order valence-corrected chi connectivity index (χ4v) is 13.8. The van der Waals surface area contributed by atoms with Gasteiger partial charge in [-0.15, -0.1) is 0 Å². The molecule has 4 aliphatic heterocycles. The Labute approximate surface area is 657 Å². The van der Waals surface area contributed by atoms with Gasteiger partial charge < -0.3 is 69.0 Å². The Hall–Kier alpha value is -10.4. The Kier molecular flexibility index (Phi) is 25.5. The van der Waals surface area contributed by atoms with E-state index in [2.05, 4.69) is 41.6 Å².